The number of nitrogens with one attached hydrogen (secondary N) is 1. The maximum Gasteiger partial charge on any atom is 0.351 e. The second-order valence-electron chi connectivity index (χ2n) is 5.42. The number of carbonyl (C=O) groups excluding carboxylic acids is 1. The fourth-order valence-corrected chi connectivity index (χ4v) is 3.42. The normalized spacial score (nSPS) is 11.7. The summed E-state index contributed by atoms with van der Waals surface area (Å²) in [4.78, 5) is 11.6. The van der Waals surface area contributed by atoms with E-state index in [1.807, 2.05) is 13.8 Å². The van der Waals surface area contributed by atoms with E-state index in [9.17, 15) is 13.2 Å². The first-order chi connectivity index (χ1) is 12.4. The molecule has 0 aliphatic heterocycles. The van der Waals surface area contributed by atoms with Crippen LogP contribution in [-0.2, 0) is 19.4 Å². The molecule has 1 N–H and O–H groups in total. The zero-order valence-electron chi connectivity index (χ0n) is 14.9. The molecule has 7 heteroatoms. The molecule has 0 amide bonds. The van der Waals surface area contributed by atoms with E-state index in [0.717, 1.165) is 18.9 Å². The average Bonchev–Trinajstić information content (AvgIpc) is 2.63. The van der Waals surface area contributed by atoms with Gasteiger partial charge in [0.15, 0.2) is 4.91 Å². The van der Waals surface area contributed by atoms with Gasteiger partial charge in [-0.1, -0.05) is 17.7 Å². The van der Waals surface area contributed by atoms with Crippen molar-refractivity contribution >= 4 is 21.5 Å². The standard InChI is InChI=1S/C19H21NO5S/c1-4-25-16-9-7-15(8-10-16)20-13-18(19(21)24-3)26(22,23)17-11-5-14(2)6-12-17/h5-13,20H,4H2,1-3H3. The number of hydrogen-bond donors (Lipinski definition) is 1. The Bertz CT molecular complexity index is 885. The van der Waals surface area contributed by atoms with Crippen LogP contribution in [0.4, 0.5) is 5.69 Å². The summed E-state index contributed by atoms with van der Waals surface area (Å²) in [5, 5.41) is 2.82. The molecule has 0 atom stereocenters. The SMILES string of the molecule is CCOc1ccc(NC=C(C(=O)OC)S(=O)(=O)c2ccc(C)cc2)cc1. The van der Waals surface area contributed by atoms with Crippen LogP contribution >= 0.6 is 0 Å². The van der Waals surface area contributed by atoms with Crippen LogP contribution in [0.5, 0.6) is 5.75 Å². The minimum Gasteiger partial charge on any atom is -0.494 e. The number of ether oxygens (including phenoxy) is 2. The molecule has 138 valence electrons. The second kappa shape index (κ2) is 8.53. The van der Waals surface area contributed by atoms with E-state index in [1.54, 1.807) is 36.4 Å². The van der Waals surface area contributed by atoms with Gasteiger partial charge in [-0.15, -0.1) is 0 Å². The van der Waals surface area contributed by atoms with Crippen LogP contribution < -0.4 is 10.1 Å². The van der Waals surface area contributed by atoms with E-state index < -0.39 is 20.7 Å². The lowest BCUT2D eigenvalue weighted by Gasteiger charge is -2.09. The third-order valence-electron chi connectivity index (χ3n) is 3.54. The molecule has 0 aliphatic rings. The minimum absolute atomic E-state index is 0.0215. The molecule has 0 heterocycles. The van der Waals surface area contributed by atoms with Crippen molar-refractivity contribution in [3.63, 3.8) is 0 Å². The van der Waals surface area contributed by atoms with Crippen molar-refractivity contribution in [2.75, 3.05) is 19.0 Å². The van der Waals surface area contributed by atoms with Crippen molar-refractivity contribution in [1.29, 1.82) is 0 Å². The monoisotopic (exact) mass is 375 g/mol. The van der Waals surface area contributed by atoms with E-state index in [-0.39, 0.29) is 4.90 Å². The van der Waals surface area contributed by atoms with Crippen LogP contribution in [0.25, 0.3) is 0 Å². The van der Waals surface area contributed by atoms with E-state index in [4.69, 9.17) is 4.74 Å². The average molecular weight is 375 g/mol. The predicted octanol–water partition coefficient (Wildman–Crippen LogP) is 3.29. The van der Waals surface area contributed by atoms with Gasteiger partial charge >= 0.3 is 5.97 Å². The topological polar surface area (TPSA) is 81.7 Å². The Kier molecular flexibility index (Phi) is 6.41. The third-order valence-corrected chi connectivity index (χ3v) is 5.30. The Morgan fingerprint density at radius 3 is 2.23 bits per heavy atom. The molecule has 0 spiro atoms. The molecule has 6 nitrogen and oxygen atoms in total. The molecule has 2 aromatic rings. The summed E-state index contributed by atoms with van der Waals surface area (Å²) < 4.78 is 35.5. The summed E-state index contributed by atoms with van der Waals surface area (Å²) in [7, 11) is -2.88. The number of carbonyl (C=O) groups is 1. The Labute approximate surface area is 153 Å². The van der Waals surface area contributed by atoms with Gasteiger partial charge in [0.2, 0.25) is 9.84 Å². The van der Waals surface area contributed by atoms with Crippen molar-refractivity contribution in [2.45, 2.75) is 18.7 Å². The summed E-state index contributed by atoms with van der Waals surface area (Å²) in [6.07, 6.45) is 1.14. The summed E-state index contributed by atoms with van der Waals surface area (Å²) >= 11 is 0. The Morgan fingerprint density at radius 1 is 1.08 bits per heavy atom. The first-order valence-corrected chi connectivity index (χ1v) is 9.46. The Morgan fingerprint density at radius 2 is 1.69 bits per heavy atom. The summed E-state index contributed by atoms with van der Waals surface area (Å²) in [6.45, 7) is 4.28. The van der Waals surface area contributed by atoms with Crippen molar-refractivity contribution in [3.05, 3.63) is 65.2 Å². The van der Waals surface area contributed by atoms with E-state index in [2.05, 4.69) is 10.1 Å². The molecular formula is C19H21NO5S. The lowest BCUT2D eigenvalue weighted by Crippen LogP contribution is -2.17. The Hall–Kier alpha value is -2.80. The summed E-state index contributed by atoms with van der Waals surface area (Å²) in [6, 6.07) is 13.2. The van der Waals surface area contributed by atoms with Crippen LogP contribution in [0.3, 0.4) is 0 Å². The maximum atomic E-state index is 12.8. The van der Waals surface area contributed by atoms with Gasteiger partial charge in [0.05, 0.1) is 18.6 Å². The first-order valence-electron chi connectivity index (χ1n) is 7.98. The van der Waals surface area contributed by atoms with Gasteiger partial charge in [-0.3, -0.25) is 0 Å². The molecule has 2 aromatic carbocycles. The van der Waals surface area contributed by atoms with E-state index in [0.29, 0.717) is 18.0 Å². The van der Waals surface area contributed by atoms with Crippen LogP contribution in [0, 0.1) is 6.92 Å². The maximum absolute atomic E-state index is 12.8. The van der Waals surface area contributed by atoms with Crippen molar-refractivity contribution in [2.24, 2.45) is 0 Å². The highest BCUT2D eigenvalue weighted by Gasteiger charge is 2.28. The number of aryl methyl sites for hydroxylation is 1. The van der Waals surface area contributed by atoms with Gasteiger partial charge < -0.3 is 14.8 Å². The minimum atomic E-state index is -4.02. The third kappa shape index (κ3) is 4.64. The molecule has 0 unspecified atom stereocenters. The highest BCUT2D eigenvalue weighted by Crippen LogP contribution is 2.22. The zero-order chi connectivity index (χ0) is 19.2. The van der Waals surface area contributed by atoms with Gasteiger partial charge in [-0.25, -0.2) is 13.2 Å². The van der Waals surface area contributed by atoms with Crippen LogP contribution in [0.15, 0.2) is 64.5 Å². The fraction of sp³-hybridized carbons (Fsp3) is 0.211. The van der Waals surface area contributed by atoms with Gasteiger partial charge in [-0.05, 0) is 50.2 Å². The molecule has 0 aromatic heterocycles. The van der Waals surface area contributed by atoms with Crippen LogP contribution in [0.1, 0.15) is 12.5 Å². The van der Waals surface area contributed by atoms with E-state index >= 15 is 0 Å². The van der Waals surface area contributed by atoms with Crippen LogP contribution in [0.2, 0.25) is 0 Å². The summed E-state index contributed by atoms with van der Waals surface area (Å²) in [5.74, 6) is -0.244. The molecule has 0 saturated heterocycles. The molecule has 0 fully saturated rings. The van der Waals surface area contributed by atoms with Gasteiger partial charge in [0.25, 0.3) is 0 Å². The number of rotatable bonds is 7. The first kappa shape index (κ1) is 19.5. The largest absolute Gasteiger partial charge is 0.494 e. The number of methoxy groups -OCH3 is 1. The highest BCUT2D eigenvalue weighted by molar-refractivity contribution is 7.96. The van der Waals surface area contributed by atoms with Crippen molar-refractivity contribution in [3.8, 4) is 5.75 Å². The molecule has 0 aliphatic carbocycles. The van der Waals surface area contributed by atoms with Crippen molar-refractivity contribution in [1.82, 2.24) is 0 Å². The number of anilines is 1. The lowest BCUT2D eigenvalue weighted by molar-refractivity contribution is -0.135. The summed E-state index contributed by atoms with van der Waals surface area (Å²) in [5.41, 5.74) is 1.52. The molecule has 2 rings (SSSR count). The Balaban J connectivity index is 2.33. The molecule has 0 radical (unpaired) electrons. The molecule has 26 heavy (non-hydrogen) atoms. The van der Waals surface area contributed by atoms with Gasteiger partial charge in [0, 0.05) is 11.9 Å². The smallest absolute Gasteiger partial charge is 0.351 e. The van der Waals surface area contributed by atoms with Crippen molar-refractivity contribution < 1.29 is 22.7 Å². The lowest BCUT2D eigenvalue weighted by atomic mass is 10.2. The quantitative estimate of drug-likeness (QED) is 0.591. The predicted molar refractivity (Wildman–Crippen MR) is 99.7 cm³/mol. The number of hydrogen-bond acceptors (Lipinski definition) is 6. The second-order valence-corrected chi connectivity index (χ2v) is 7.34. The number of sulfone groups is 1. The zero-order valence-corrected chi connectivity index (χ0v) is 15.7. The van der Waals surface area contributed by atoms with Gasteiger partial charge in [-0.2, -0.15) is 0 Å². The molecule has 0 saturated carbocycles. The highest BCUT2D eigenvalue weighted by atomic mass is 32.2. The van der Waals surface area contributed by atoms with Gasteiger partial charge in [0.1, 0.15) is 5.75 Å². The number of benzene rings is 2. The molecule has 0 bridgehead atoms. The van der Waals surface area contributed by atoms with Crippen LogP contribution in [-0.4, -0.2) is 28.1 Å². The number of esters is 1. The molecular weight excluding hydrogens is 354 g/mol. The van der Waals surface area contributed by atoms with E-state index in [1.165, 1.54) is 12.1 Å². The fourth-order valence-electron chi connectivity index (χ4n) is 2.15.